The number of thioether (sulfide) groups is 1. The van der Waals surface area contributed by atoms with Gasteiger partial charge in [0.2, 0.25) is 5.91 Å². The third-order valence-electron chi connectivity index (χ3n) is 2.90. The number of carbonyl (C=O) groups is 1. The molecule has 3 nitrogen and oxygen atoms in total. The molecule has 5 heteroatoms. The van der Waals surface area contributed by atoms with Gasteiger partial charge in [0, 0.05) is 15.8 Å². The third-order valence-corrected chi connectivity index (χ3v) is 5.21. The summed E-state index contributed by atoms with van der Waals surface area (Å²) in [5, 5.41) is 5.16. The molecule has 1 aromatic rings. The van der Waals surface area contributed by atoms with Crippen LogP contribution in [0.4, 0.5) is 0 Å². The van der Waals surface area contributed by atoms with E-state index >= 15 is 0 Å². The predicted octanol–water partition coefficient (Wildman–Crippen LogP) is 1.96. The van der Waals surface area contributed by atoms with E-state index in [1.807, 2.05) is 11.4 Å². The fourth-order valence-corrected chi connectivity index (χ4v) is 3.91. The Morgan fingerprint density at radius 2 is 2.42 bits per heavy atom. The molecule has 1 atom stereocenters. The lowest BCUT2D eigenvalue weighted by Gasteiger charge is -2.20. The number of nitrogens with two attached hydrogens (primary N) is 1. The quantitative estimate of drug-likeness (QED) is 0.838. The SMILES string of the molecule is NCC#Cc1csc(CNC(=O)C2CCCCS2)c1. The molecule has 0 saturated carbocycles. The van der Waals surface area contributed by atoms with E-state index in [0.29, 0.717) is 13.1 Å². The fraction of sp³-hybridized carbons (Fsp3) is 0.500. The van der Waals surface area contributed by atoms with Gasteiger partial charge in [0.05, 0.1) is 18.3 Å². The zero-order valence-corrected chi connectivity index (χ0v) is 12.4. The molecular weight excluding hydrogens is 276 g/mol. The Labute approximate surface area is 122 Å². The molecular formula is C14H18N2OS2. The van der Waals surface area contributed by atoms with E-state index in [-0.39, 0.29) is 11.2 Å². The molecule has 1 aromatic heterocycles. The van der Waals surface area contributed by atoms with Gasteiger partial charge >= 0.3 is 0 Å². The van der Waals surface area contributed by atoms with Crippen LogP contribution in [-0.4, -0.2) is 23.5 Å². The number of thiophene rings is 1. The number of hydrogen-bond donors (Lipinski definition) is 2. The molecule has 1 saturated heterocycles. The zero-order chi connectivity index (χ0) is 13.5. The number of amides is 1. The summed E-state index contributed by atoms with van der Waals surface area (Å²) in [6, 6.07) is 2.02. The van der Waals surface area contributed by atoms with Gasteiger partial charge in [-0.2, -0.15) is 0 Å². The summed E-state index contributed by atoms with van der Waals surface area (Å²) in [4.78, 5) is 13.1. The highest BCUT2D eigenvalue weighted by atomic mass is 32.2. The van der Waals surface area contributed by atoms with Crippen LogP contribution in [0.2, 0.25) is 0 Å². The molecule has 1 amide bonds. The van der Waals surface area contributed by atoms with E-state index < -0.39 is 0 Å². The van der Waals surface area contributed by atoms with Crippen molar-refractivity contribution in [2.75, 3.05) is 12.3 Å². The first-order chi connectivity index (χ1) is 9.29. The van der Waals surface area contributed by atoms with Crippen LogP contribution >= 0.6 is 23.1 Å². The van der Waals surface area contributed by atoms with Crippen molar-refractivity contribution in [2.45, 2.75) is 31.1 Å². The first kappa shape index (κ1) is 14.4. The van der Waals surface area contributed by atoms with E-state index in [4.69, 9.17) is 5.73 Å². The summed E-state index contributed by atoms with van der Waals surface area (Å²) in [6.45, 7) is 0.978. The van der Waals surface area contributed by atoms with Crippen LogP contribution in [0.3, 0.4) is 0 Å². The minimum Gasteiger partial charge on any atom is -0.350 e. The van der Waals surface area contributed by atoms with Gasteiger partial charge in [-0.25, -0.2) is 0 Å². The van der Waals surface area contributed by atoms with Gasteiger partial charge in [-0.05, 0) is 24.7 Å². The zero-order valence-electron chi connectivity index (χ0n) is 10.8. The molecule has 3 N–H and O–H groups in total. The van der Waals surface area contributed by atoms with Crippen molar-refractivity contribution < 1.29 is 4.79 Å². The van der Waals surface area contributed by atoms with Crippen molar-refractivity contribution in [3.63, 3.8) is 0 Å². The van der Waals surface area contributed by atoms with Gasteiger partial charge in [0.1, 0.15) is 0 Å². The van der Waals surface area contributed by atoms with Gasteiger partial charge in [-0.15, -0.1) is 23.1 Å². The van der Waals surface area contributed by atoms with Crippen LogP contribution in [0.25, 0.3) is 0 Å². The van der Waals surface area contributed by atoms with E-state index in [1.54, 1.807) is 23.1 Å². The van der Waals surface area contributed by atoms with Crippen LogP contribution in [0.1, 0.15) is 29.7 Å². The molecule has 0 spiro atoms. The lowest BCUT2D eigenvalue weighted by molar-refractivity contribution is -0.120. The molecule has 1 fully saturated rings. The van der Waals surface area contributed by atoms with Gasteiger partial charge in [0.25, 0.3) is 0 Å². The highest BCUT2D eigenvalue weighted by Gasteiger charge is 2.21. The minimum atomic E-state index is 0.144. The van der Waals surface area contributed by atoms with Crippen molar-refractivity contribution in [1.82, 2.24) is 5.32 Å². The van der Waals surface area contributed by atoms with E-state index in [0.717, 1.165) is 22.6 Å². The average Bonchev–Trinajstić information content (AvgIpc) is 2.91. The van der Waals surface area contributed by atoms with Gasteiger partial charge in [-0.1, -0.05) is 18.3 Å². The maximum absolute atomic E-state index is 12.0. The highest BCUT2D eigenvalue weighted by molar-refractivity contribution is 8.00. The molecule has 1 unspecified atom stereocenters. The summed E-state index contributed by atoms with van der Waals surface area (Å²) in [5.74, 6) is 7.10. The molecule has 102 valence electrons. The van der Waals surface area contributed by atoms with E-state index in [9.17, 15) is 4.79 Å². The van der Waals surface area contributed by atoms with Crippen LogP contribution in [0, 0.1) is 11.8 Å². The summed E-state index contributed by atoms with van der Waals surface area (Å²) in [5.41, 5.74) is 6.31. The Kier molecular flexibility index (Phi) is 5.77. The smallest absolute Gasteiger partial charge is 0.233 e. The molecule has 0 aliphatic carbocycles. The Balaban J connectivity index is 1.81. The van der Waals surface area contributed by atoms with Crippen LogP contribution in [-0.2, 0) is 11.3 Å². The van der Waals surface area contributed by atoms with Crippen molar-refractivity contribution in [3.05, 3.63) is 21.9 Å². The lowest BCUT2D eigenvalue weighted by atomic mass is 10.2. The van der Waals surface area contributed by atoms with Crippen molar-refractivity contribution >= 4 is 29.0 Å². The summed E-state index contributed by atoms with van der Waals surface area (Å²) in [7, 11) is 0. The number of hydrogen-bond acceptors (Lipinski definition) is 4. The van der Waals surface area contributed by atoms with Crippen LogP contribution in [0.5, 0.6) is 0 Å². The highest BCUT2D eigenvalue weighted by Crippen LogP contribution is 2.25. The second kappa shape index (κ2) is 7.59. The molecule has 2 heterocycles. The largest absolute Gasteiger partial charge is 0.350 e. The van der Waals surface area contributed by atoms with Crippen molar-refractivity contribution in [3.8, 4) is 11.8 Å². The predicted molar refractivity (Wildman–Crippen MR) is 82.2 cm³/mol. The molecule has 19 heavy (non-hydrogen) atoms. The van der Waals surface area contributed by atoms with Crippen LogP contribution in [0.15, 0.2) is 11.4 Å². The molecule has 0 radical (unpaired) electrons. The topological polar surface area (TPSA) is 55.1 Å². The van der Waals surface area contributed by atoms with E-state index in [1.165, 1.54) is 12.8 Å². The Hall–Kier alpha value is -0.960. The monoisotopic (exact) mass is 294 g/mol. The second-order valence-corrected chi connectivity index (χ2v) is 6.69. The number of carbonyl (C=O) groups excluding carboxylic acids is 1. The molecule has 0 aromatic carbocycles. The van der Waals surface area contributed by atoms with Crippen molar-refractivity contribution in [1.29, 1.82) is 0 Å². The number of nitrogens with one attached hydrogen (secondary N) is 1. The molecule has 2 rings (SSSR count). The average molecular weight is 294 g/mol. The third kappa shape index (κ3) is 4.57. The Morgan fingerprint density at radius 3 is 3.16 bits per heavy atom. The first-order valence-electron chi connectivity index (χ1n) is 6.45. The minimum absolute atomic E-state index is 0.144. The Morgan fingerprint density at radius 1 is 1.53 bits per heavy atom. The van der Waals surface area contributed by atoms with Gasteiger partial charge in [0.15, 0.2) is 0 Å². The molecule has 1 aliphatic rings. The maximum atomic E-state index is 12.0. The standard InChI is InChI=1S/C14H18N2OS2/c15-6-3-4-11-8-12(19-10-11)9-16-14(17)13-5-1-2-7-18-13/h8,10,13H,1-2,5-7,9,15H2,(H,16,17). The first-order valence-corrected chi connectivity index (χ1v) is 8.38. The molecule has 0 bridgehead atoms. The van der Waals surface area contributed by atoms with Gasteiger partial charge in [-0.3, -0.25) is 4.79 Å². The normalized spacial score (nSPS) is 18.5. The summed E-state index contributed by atoms with van der Waals surface area (Å²) < 4.78 is 0. The van der Waals surface area contributed by atoms with Crippen molar-refractivity contribution in [2.24, 2.45) is 5.73 Å². The molecule has 1 aliphatic heterocycles. The second-order valence-electron chi connectivity index (χ2n) is 4.38. The maximum Gasteiger partial charge on any atom is 0.233 e. The fourth-order valence-electron chi connectivity index (χ4n) is 1.93. The number of rotatable bonds is 3. The summed E-state index contributed by atoms with van der Waals surface area (Å²) >= 11 is 3.40. The van der Waals surface area contributed by atoms with Crippen LogP contribution < -0.4 is 11.1 Å². The Bertz CT molecular complexity index is 481. The van der Waals surface area contributed by atoms with E-state index in [2.05, 4.69) is 17.2 Å². The summed E-state index contributed by atoms with van der Waals surface area (Å²) in [6.07, 6.45) is 3.42. The lowest BCUT2D eigenvalue weighted by Crippen LogP contribution is -2.33. The van der Waals surface area contributed by atoms with Gasteiger partial charge < -0.3 is 11.1 Å².